The van der Waals surface area contributed by atoms with E-state index in [0.29, 0.717) is 0 Å². The van der Waals surface area contributed by atoms with Crippen LogP contribution in [0.3, 0.4) is 0 Å². The summed E-state index contributed by atoms with van der Waals surface area (Å²) in [5, 5.41) is 37.4. The van der Waals surface area contributed by atoms with Gasteiger partial charge >= 0.3 is 5.97 Å². The predicted molar refractivity (Wildman–Crippen MR) is 80.8 cm³/mol. The maximum absolute atomic E-state index is 10.9. The lowest BCUT2D eigenvalue weighted by molar-refractivity contribution is -0.154. The number of carboxylic acids is 1. The number of carbonyl (C=O) groups is 1. The summed E-state index contributed by atoms with van der Waals surface area (Å²) in [6.45, 7) is 1.22. The van der Waals surface area contributed by atoms with Gasteiger partial charge in [0.15, 0.2) is 5.54 Å². The van der Waals surface area contributed by atoms with Crippen molar-refractivity contribution >= 4 is 5.97 Å². The number of hydrogen-bond donors (Lipinski definition) is 5. The molecule has 0 aliphatic rings. The van der Waals surface area contributed by atoms with Crippen molar-refractivity contribution in [2.24, 2.45) is 5.73 Å². The van der Waals surface area contributed by atoms with Crippen LogP contribution in [0.1, 0.15) is 51.9 Å². The summed E-state index contributed by atoms with van der Waals surface area (Å²) in [6, 6.07) is 0. The predicted octanol–water partition coefficient (Wildman–Crippen LogP) is 0.789. The molecule has 0 radical (unpaired) electrons. The molecule has 0 heterocycles. The minimum atomic E-state index is -2.24. The molecule has 0 amide bonds. The fraction of sp³-hybridized carbons (Fsp3) is 0.800. The summed E-state index contributed by atoms with van der Waals surface area (Å²) < 4.78 is 0. The number of aliphatic carboxylic acids is 1. The van der Waals surface area contributed by atoms with E-state index in [1.807, 2.05) is 6.08 Å². The molecule has 6 N–H and O–H groups in total. The molecule has 0 aromatic heterocycles. The van der Waals surface area contributed by atoms with E-state index >= 15 is 0 Å². The molecular weight excluding hydrogens is 274 g/mol. The fourth-order valence-electron chi connectivity index (χ4n) is 1.98. The first-order valence-electron chi connectivity index (χ1n) is 7.54. The second kappa shape index (κ2) is 10.7. The third-order valence-electron chi connectivity index (χ3n) is 3.57. The van der Waals surface area contributed by atoms with Crippen LogP contribution in [0.4, 0.5) is 0 Å². The van der Waals surface area contributed by atoms with Crippen molar-refractivity contribution in [3.8, 4) is 0 Å². The van der Waals surface area contributed by atoms with E-state index in [1.54, 1.807) is 6.08 Å². The topological polar surface area (TPSA) is 124 Å². The number of aliphatic hydroxyl groups is 3. The maximum atomic E-state index is 10.9. The summed E-state index contributed by atoms with van der Waals surface area (Å²) in [7, 11) is 0. The minimum Gasteiger partial charge on any atom is -0.480 e. The van der Waals surface area contributed by atoms with Crippen LogP contribution >= 0.6 is 0 Å². The van der Waals surface area contributed by atoms with Crippen LogP contribution in [0.5, 0.6) is 0 Å². The van der Waals surface area contributed by atoms with Crippen LogP contribution in [-0.4, -0.2) is 50.7 Å². The van der Waals surface area contributed by atoms with Gasteiger partial charge in [-0.05, 0) is 19.3 Å². The smallest absolute Gasteiger partial charge is 0.328 e. The van der Waals surface area contributed by atoms with E-state index in [4.69, 9.17) is 15.9 Å². The molecule has 0 unspecified atom stereocenters. The highest BCUT2D eigenvalue weighted by molar-refractivity contribution is 5.79. The van der Waals surface area contributed by atoms with Crippen LogP contribution in [0.25, 0.3) is 0 Å². The molecule has 124 valence electrons. The highest BCUT2D eigenvalue weighted by Crippen LogP contribution is 2.14. The first kappa shape index (κ1) is 20.1. The van der Waals surface area contributed by atoms with Crippen molar-refractivity contribution in [1.82, 2.24) is 0 Å². The molecule has 0 bridgehead atoms. The summed E-state index contributed by atoms with van der Waals surface area (Å²) in [5.41, 5.74) is 3.16. The van der Waals surface area contributed by atoms with E-state index in [0.717, 1.165) is 12.8 Å². The van der Waals surface area contributed by atoms with Gasteiger partial charge in [-0.2, -0.15) is 0 Å². The average Bonchev–Trinajstić information content (AvgIpc) is 2.47. The van der Waals surface area contributed by atoms with Crippen LogP contribution in [0.15, 0.2) is 12.2 Å². The van der Waals surface area contributed by atoms with Gasteiger partial charge < -0.3 is 26.2 Å². The molecule has 21 heavy (non-hydrogen) atoms. The van der Waals surface area contributed by atoms with E-state index in [1.165, 1.54) is 25.7 Å². The fourth-order valence-corrected chi connectivity index (χ4v) is 1.98. The molecule has 0 spiro atoms. The SMILES string of the molecule is CCCCCCC/C=C\C[C@@H](O)[C@H](O)[C@@](N)(CO)C(=O)O. The Kier molecular flexibility index (Phi) is 10.2. The van der Waals surface area contributed by atoms with E-state index < -0.39 is 30.3 Å². The molecule has 0 aromatic carbocycles. The van der Waals surface area contributed by atoms with Crippen LogP contribution in [-0.2, 0) is 4.79 Å². The van der Waals surface area contributed by atoms with Crippen molar-refractivity contribution in [1.29, 1.82) is 0 Å². The molecule has 0 rings (SSSR count). The van der Waals surface area contributed by atoms with Gasteiger partial charge in [-0.1, -0.05) is 44.8 Å². The Morgan fingerprint density at radius 1 is 1.19 bits per heavy atom. The molecule has 0 fully saturated rings. The van der Waals surface area contributed by atoms with Gasteiger partial charge in [0.25, 0.3) is 0 Å². The standard InChI is InChI=1S/C15H29NO5/c1-2-3-4-5-6-7-8-9-10-12(18)13(19)15(16,11-17)14(20)21/h8-9,12-13,17-19H,2-7,10-11,16H2,1H3,(H,20,21)/b9-8-/t12-,13+,15+/m1/s1. The number of hydrogen-bond acceptors (Lipinski definition) is 5. The van der Waals surface area contributed by atoms with Gasteiger partial charge in [0, 0.05) is 0 Å². The zero-order valence-electron chi connectivity index (χ0n) is 12.7. The second-order valence-electron chi connectivity index (χ2n) is 5.43. The third kappa shape index (κ3) is 7.04. The number of carboxylic acid groups (broad SMARTS) is 1. The van der Waals surface area contributed by atoms with Crippen molar-refractivity contribution in [2.75, 3.05) is 6.61 Å². The van der Waals surface area contributed by atoms with Crippen molar-refractivity contribution < 1.29 is 25.2 Å². The van der Waals surface area contributed by atoms with Gasteiger partial charge in [-0.15, -0.1) is 0 Å². The Balaban J connectivity index is 4.07. The normalized spacial score (nSPS) is 17.6. The Hall–Kier alpha value is -0.950. The van der Waals surface area contributed by atoms with Crippen LogP contribution in [0.2, 0.25) is 0 Å². The largest absolute Gasteiger partial charge is 0.480 e. The Morgan fingerprint density at radius 2 is 1.81 bits per heavy atom. The van der Waals surface area contributed by atoms with Gasteiger partial charge in [0.1, 0.15) is 6.10 Å². The second-order valence-corrected chi connectivity index (χ2v) is 5.43. The minimum absolute atomic E-state index is 0.0996. The van der Waals surface area contributed by atoms with Crippen LogP contribution < -0.4 is 5.73 Å². The molecule has 0 aliphatic carbocycles. The molecule has 6 nitrogen and oxygen atoms in total. The van der Waals surface area contributed by atoms with Gasteiger partial charge in [0.2, 0.25) is 0 Å². The average molecular weight is 303 g/mol. The zero-order chi connectivity index (χ0) is 16.3. The van der Waals surface area contributed by atoms with Crippen LogP contribution in [0, 0.1) is 0 Å². The molecule has 0 aromatic rings. The Labute approximate surface area is 126 Å². The van der Waals surface area contributed by atoms with E-state index in [9.17, 15) is 15.0 Å². The number of unbranched alkanes of at least 4 members (excludes halogenated alkanes) is 5. The Morgan fingerprint density at radius 3 is 2.33 bits per heavy atom. The number of aliphatic hydroxyl groups excluding tert-OH is 3. The molecule has 0 saturated heterocycles. The maximum Gasteiger partial charge on any atom is 0.328 e. The first-order valence-corrected chi connectivity index (χ1v) is 7.54. The number of allylic oxidation sites excluding steroid dienone is 1. The summed E-state index contributed by atoms with van der Waals surface area (Å²) in [5.74, 6) is -1.54. The van der Waals surface area contributed by atoms with E-state index in [-0.39, 0.29) is 6.42 Å². The monoisotopic (exact) mass is 303 g/mol. The molecule has 6 heteroatoms. The lowest BCUT2D eigenvalue weighted by atomic mass is 9.89. The molecular formula is C15H29NO5. The zero-order valence-corrected chi connectivity index (χ0v) is 12.7. The first-order chi connectivity index (χ1) is 9.90. The van der Waals surface area contributed by atoms with Crippen molar-refractivity contribution in [3.05, 3.63) is 12.2 Å². The quantitative estimate of drug-likeness (QED) is 0.268. The lowest BCUT2D eigenvalue weighted by Crippen LogP contribution is -2.63. The number of rotatable bonds is 12. The molecule has 0 aliphatic heterocycles. The summed E-state index contributed by atoms with van der Waals surface area (Å²) in [4.78, 5) is 10.9. The highest BCUT2D eigenvalue weighted by Gasteiger charge is 2.44. The molecule has 0 saturated carbocycles. The number of nitrogens with two attached hydrogens (primary N) is 1. The van der Waals surface area contributed by atoms with Gasteiger partial charge in [0.05, 0.1) is 12.7 Å². The Bertz CT molecular complexity index is 321. The van der Waals surface area contributed by atoms with Gasteiger partial charge in [-0.3, -0.25) is 4.79 Å². The summed E-state index contributed by atoms with van der Waals surface area (Å²) >= 11 is 0. The van der Waals surface area contributed by atoms with Crippen molar-refractivity contribution in [2.45, 2.75) is 69.6 Å². The third-order valence-corrected chi connectivity index (χ3v) is 3.57. The highest BCUT2D eigenvalue weighted by atomic mass is 16.4. The lowest BCUT2D eigenvalue weighted by Gasteiger charge is -2.30. The van der Waals surface area contributed by atoms with Crippen molar-refractivity contribution in [3.63, 3.8) is 0 Å². The molecule has 3 atom stereocenters. The summed E-state index contributed by atoms with van der Waals surface area (Å²) in [6.07, 6.45) is 7.44. The van der Waals surface area contributed by atoms with Gasteiger partial charge in [-0.25, -0.2) is 0 Å². The van der Waals surface area contributed by atoms with E-state index in [2.05, 4.69) is 6.92 Å².